The summed E-state index contributed by atoms with van der Waals surface area (Å²) in [6.07, 6.45) is 9.83. The van der Waals surface area contributed by atoms with Crippen LogP contribution in [0.15, 0.2) is 0 Å². The smallest absolute Gasteiger partial charge is 0.220 e. The summed E-state index contributed by atoms with van der Waals surface area (Å²) in [6.45, 7) is 2.08. The van der Waals surface area contributed by atoms with Crippen LogP contribution >= 0.6 is 0 Å². The average molecular weight is 256 g/mol. The van der Waals surface area contributed by atoms with E-state index in [9.17, 15) is 9.59 Å². The van der Waals surface area contributed by atoms with Crippen LogP contribution < -0.4 is 11.5 Å². The molecule has 0 aromatic carbocycles. The number of carbonyl (C=O) groups is 2. The summed E-state index contributed by atoms with van der Waals surface area (Å²) in [7, 11) is 0. The maximum Gasteiger partial charge on any atom is 0.220 e. The molecule has 2 amide bonds. The van der Waals surface area contributed by atoms with E-state index >= 15 is 0 Å². The van der Waals surface area contributed by atoms with Crippen LogP contribution in [0.5, 0.6) is 0 Å². The molecule has 0 aromatic heterocycles. The molecule has 0 fully saturated rings. The highest BCUT2D eigenvalue weighted by atomic mass is 16.1. The number of nitrogens with two attached hydrogens (primary N) is 2. The van der Waals surface area contributed by atoms with E-state index in [4.69, 9.17) is 11.5 Å². The summed E-state index contributed by atoms with van der Waals surface area (Å²) < 4.78 is 0. The largest absolute Gasteiger partial charge is 0.370 e. The molecule has 0 radical (unpaired) electrons. The van der Waals surface area contributed by atoms with E-state index in [1.165, 1.54) is 0 Å². The summed E-state index contributed by atoms with van der Waals surface area (Å²) in [5.41, 5.74) is 10.4. The standard InChI is InChI=1S/C14H28N2O2/c1-2-9-12(14(16)18)10-7-5-3-4-6-8-11-13(15)17/h12H,2-11H2,1H3,(H2,15,17)(H2,16,18)/t12-/m0/s1. The second-order valence-corrected chi connectivity index (χ2v) is 5.01. The van der Waals surface area contributed by atoms with Gasteiger partial charge in [-0.25, -0.2) is 0 Å². The number of amides is 2. The van der Waals surface area contributed by atoms with Gasteiger partial charge in [-0.2, -0.15) is 0 Å². The summed E-state index contributed by atoms with van der Waals surface area (Å²) in [5.74, 6) is -0.304. The molecule has 0 aliphatic rings. The second-order valence-electron chi connectivity index (χ2n) is 5.01. The molecule has 0 heterocycles. The minimum Gasteiger partial charge on any atom is -0.370 e. The first-order chi connectivity index (χ1) is 8.57. The fourth-order valence-corrected chi connectivity index (χ4v) is 2.17. The highest BCUT2D eigenvalue weighted by Gasteiger charge is 2.12. The zero-order valence-corrected chi connectivity index (χ0v) is 11.6. The topological polar surface area (TPSA) is 86.2 Å². The molecule has 0 bridgehead atoms. The first-order valence-corrected chi connectivity index (χ1v) is 7.15. The van der Waals surface area contributed by atoms with Gasteiger partial charge < -0.3 is 11.5 Å². The van der Waals surface area contributed by atoms with Gasteiger partial charge in [0.05, 0.1) is 0 Å². The molecular formula is C14H28N2O2. The molecule has 1 atom stereocenters. The van der Waals surface area contributed by atoms with Crippen LogP contribution in [0.25, 0.3) is 0 Å². The van der Waals surface area contributed by atoms with Gasteiger partial charge in [-0.05, 0) is 19.3 Å². The molecule has 18 heavy (non-hydrogen) atoms. The van der Waals surface area contributed by atoms with Gasteiger partial charge in [0.15, 0.2) is 0 Å². The van der Waals surface area contributed by atoms with Gasteiger partial charge in [0.1, 0.15) is 0 Å². The average Bonchev–Trinajstić information content (AvgIpc) is 2.30. The molecule has 0 saturated heterocycles. The van der Waals surface area contributed by atoms with Gasteiger partial charge in [0.25, 0.3) is 0 Å². The predicted molar refractivity (Wildman–Crippen MR) is 73.7 cm³/mol. The Hall–Kier alpha value is -1.06. The Morgan fingerprint density at radius 2 is 1.44 bits per heavy atom. The van der Waals surface area contributed by atoms with Crippen LogP contribution in [0.1, 0.15) is 71.1 Å². The van der Waals surface area contributed by atoms with E-state index < -0.39 is 0 Å². The van der Waals surface area contributed by atoms with Gasteiger partial charge in [-0.15, -0.1) is 0 Å². The number of primary amides is 2. The number of carbonyl (C=O) groups excluding carboxylic acids is 2. The van der Waals surface area contributed by atoms with E-state index in [-0.39, 0.29) is 17.7 Å². The molecule has 0 aliphatic carbocycles. The number of rotatable bonds is 12. The predicted octanol–water partition coefficient (Wildman–Crippen LogP) is 2.49. The summed E-state index contributed by atoms with van der Waals surface area (Å²) >= 11 is 0. The Kier molecular flexibility index (Phi) is 10.4. The minimum absolute atomic E-state index is 0.0601. The third kappa shape index (κ3) is 10.1. The molecule has 0 unspecified atom stereocenters. The Bertz CT molecular complexity index is 242. The summed E-state index contributed by atoms with van der Waals surface area (Å²) in [5, 5.41) is 0. The van der Waals surface area contributed by atoms with Crippen molar-refractivity contribution in [1.29, 1.82) is 0 Å². The SMILES string of the molecule is CCC[C@@H](CCCCCCCCC(N)=O)C(N)=O. The third-order valence-electron chi connectivity index (χ3n) is 3.27. The van der Waals surface area contributed by atoms with Crippen molar-refractivity contribution in [3.63, 3.8) is 0 Å². The van der Waals surface area contributed by atoms with Crippen molar-refractivity contribution < 1.29 is 9.59 Å². The first-order valence-electron chi connectivity index (χ1n) is 7.15. The zero-order chi connectivity index (χ0) is 13.8. The second kappa shape index (κ2) is 11.1. The molecule has 4 heteroatoms. The minimum atomic E-state index is -0.209. The van der Waals surface area contributed by atoms with Crippen molar-refractivity contribution in [3.8, 4) is 0 Å². The van der Waals surface area contributed by atoms with Crippen LogP contribution in [0.2, 0.25) is 0 Å². The Morgan fingerprint density at radius 3 is 1.94 bits per heavy atom. The van der Waals surface area contributed by atoms with E-state index in [2.05, 4.69) is 6.92 Å². The van der Waals surface area contributed by atoms with Crippen molar-refractivity contribution in [2.45, 2.75) is 71.1 Å². The highest BCUT2D eigenvalue weighted by molar-refractivity contribution is 5.76. The van der Waals surface area contributed by atoms with Crippen LogP contribution in [0.3, 0.4) is 0 Å². The molecule has 0 aromatic rings. The molecule has 4 nitrogen and oxygen atoms in total. The fraction of sp³-hybridized carbons (Fsp3) is 0.857. The third-order valence-corrected chi connectivity index (χ3v) is 3.27. The molecule has 106 valence electrons. The number of hydrogen-bond donors (Lipinski definition) is 2. The first kappa shape index (κ1) is 16.9. The molecule has 0 rings (SSSR count). The fourth-order valence-electron chi connectivity index (χ4n) is 2.17. The molecule has 4 N–H and O–H groups in total. The highest BCUT2D eigenvalue weighted by Crippen LogP contribution is 2.16. The van der Waals surface area contributed by atoms with Crippen molar-refractivity contribution in [3.05, 3.63) is 0 Å². The quantitative estimate of drug-likeness (QED) is 0.526. The van der Waals surface area contributed by atoms with Crippen molar-refractivity contribution in [2.75, 3.05) is 0 Å². The molecule has 0 aliphatic heterocycles. The van der Waals surface area contributed by atoms with Crippen LogP contribution in [0.4, 0.5) is 0 Å². The van der Waals surface area contributed by atoms with E-state index in [1.54, 1.807) is 0 Å². The Balaban J connectivity index is 3.38. The Morgan fingerprint density at radius 1 is 0.889 bits per heavy atom. The monoisotopic (exact) mass is 256 g/mol. The maximum atomic E-state index is 11.1. The molecule has 0 saturated carbocycles. The lowest BCUT2D eigenvalue weighted by atomic mass is 9.95. The number of hydrogen-bond acceptors (Lipinski definition) is 2. The molecular weight excluding hydrogens is 228 g/mol. The lowest BCUT2D eigenvalue weighted by Gasteiger charge is -2.11. The normalized spacial score (nSPS) is 12.3. The molecule has 0 spiro atoms. The van der Waals surface area contributed by atoms with E-state index in [0.29, 0.717) is 6.42 Å². The summed E-state index contributed by atoms with van der Waals surface area (Å²) in [6, 6.07) is 0. The van der Waals surface area contributed by atoms with Crippen molar-refractivity contribution in [1.82, 2.24) is 0 Å². The Labute approximate surface area is 110 Å². The van der Waals surface area contributed by atoms with Gasteiger partial charge in [0.2, 0.25) is 11.8 Å². The number of unbranched alkanes of at least 4 members (excludes halogenated alkanes) is 5. The van der Waals surface area contributed by atoms with Gasteiger partial charge in [-0.1, -0.05) is 45.4 Å². The van der Waals surface area contributed by atoms with E-state index in [1.807, 2.05) is 0 Å². The lowest BCUT2D eigenvalue weighted by Crippen LogP contribution is -2.23. The van der Waals surface area contributed by atoms with Crippen LogP contribution in [-0.2, 0) is 9.59 Å². The van der Waals surface area contributed by atoms with Crippen molar-refractivity contribution >= 4 is 11.8 Å². The van der Waals surface area contributed by atoms with Crippen LogP contribution in [0, 0.1) is 5.92 Å². The van der Waals surface area contributed by atoms with Crippen LogP contribution in [-0.4, -0.2) is 11.8 Å². The van der Waals surface area contributed by atoms with Gasteiger partial charge in [-0.3, -0.25) is 9.59 Å². The van der Waals surface area contributed by atoms with Gasteiger partial charge >= 0.3 is 0 Å². The maximum absolute atomic E-state index is 11.1. The summed E-state index contributed by atoms with van der Waals surface area (Å²) in [4.78, 5) is 21.7. The van der Waals surface area contributed by atoms with Crippen molar-refractivity contribution in [2.24, 2.45) is 17.4 Å². The zero-order valence-electron chi connectivity index (χ0n) is 11.6. The lowest BCUT2D eigenvalue weighted by molar-refractivity contribution is -0.122. The van der Waals surface area contributed by atoms with E-state index in [0.717, 1.165) is 57.8 Å². The van der Waals surface area contributed by atoms with Gasteiger partial charge in [0, 0.05) is 12.3 Å².